The van der Waals surface area contributed by atoms with Crippen LogP contribution in [-0.4, -0.2) is 41.9 Å². The minimum absolute atomic E-state index is 0.123. The predicted molar refractivity (Wildman–Crippen MR) is 109 cm³/mol. The van der Waals surface area contributed by atoms with Gasteiger partial charge in [-0.05, 0) is 38.8 Å². The number of hydrogen-bond donors (Lipinski definition) is 0. The van der Waals surface area contributed by atoms with Crippen molar-refractivity contribution in [2.75, 3.05) is 26.4 Å². The van der Waals surface area contributed by atoms with Gasteiger partial charge in [-0.2, -0.15) is 0 Å². The summed E-state index contributed by atoms with van der Waals surface area (Å²) in [6.45, 7) is 9.61. The SMILES string of the molecule is CC(C)(C)OCN1CCC(COc2ccc(Cl)cn2)C(c2ccccc2)C1. The van der Waals surface area contributed by atoms with Gasteiger partial charge in [-0.1, -0.05) is 41.9 Å². The van der Waals surface area contributed by atoms with Gasteiger partial charge in [-0.3, -0.25) is 4.90 Å². The fourth-order valence-electron chi connectivity index (χ4n) is 3.39. The molecule has 0 aliphatic carbocycles. The monoisotopic (exact) mass is 388 g/mol. The third-order valence-electron chi connectivity index (χ3n) is 4.89. The Labute approximate surface area is 167 Å². The van der Waals surface area contributed by atoms with E-state index in [-0.39, 0.29) is 5.60 Å². The van der Waals surface area contributed by atoms with Gasteiger partial charge >= 0.3 is 0 Å². The van der Waals surface area contributed by atoms with Crippen LogP contribution >= 0.6 is 11.6 Å². The molecule has 0 amide bonds. The number of rotatable bonds is 6. The van der Waals surface area contributed by atoms with E-state index in [9.17, 15) is 0 Å². The highest BCUT2D eigenvalue weighted by atomic mass is 35.5. The van der Waals surface area contributed by atoms with E-state index in [2.05, 4.69) is 61.0 Å². The number of benzene rings is 1. The van der Waals surface area contributed by atoms with E-state index in [0.29, 0.717) is 36.1 Å². The van der Waals surface area contributed by atoms with Crippen molar-refractivity contribution < 1.29 is 9.47 Å². The summed E-state index contributed by atoms with van der Waals surface area (Å²) >= 11 is 5.91. The van der Waals surface area contributed by atoms with Crippen molar-refractivity contribution in [1.82, 2.24) is 9.88 Å². The largest absolute Gasteiger partial charge is 0.477 e. The van der Waals surface area contributed by atoms with Crippen LogP contribution in [0.2, 0.25) is 5.02 Å². The zero-order chi connectivity index (χ0) is 19.3. The number of aromatic nitrogens is 1. The summed E-state index contributed by atoms with van der Waals surface area (Å²) in [4.78, 5) is 6.65. The lowest BCUT2D eigenvalue weighted by Crippen LogP contribution is -2.43. The van der Waals surface area contributed by atoms with Crippen LogP contribution in [0, 0.1) is 5.92 Å². The van der Waals surface area contributed by atoms with E-state index < -0.39 is 0 Å². The zero-order valence-corrected chi connectivity index (χ0v) is 17.2. The highest BCUT2D eigenvalue weighted by Crippen LogP contribution is 2.33. The Morgan fingerprint density at radius 2 is 1.93 bits per heavy atom. The van der Waals surface area contributed by atoms with Gasteiger partial charge in [0.05, 0.1) is 24.0 Å². The molecule has 1 aliphatic heterocycles. The maximum absolute atomic E-state index is 6.00. The molecule has 0 N–H and O–H groups in total. The molecule has 1 aliphatic rings. The van der Waals surface area contributed by atoms with E-state index in [1.54, 1.807) is 6.20 Å². The maximum atomic E-state index is 6.00. The van der Waals surface area contributed by atoms with Crippen molar-refractivity contribution in [2.24, 2.45) is 5.92 Å². The van der Waals surface area contributed by atoms with Crippen molar-refractivity contribution in [2.45, 2.75) is 38.7 Å². The van der Waals surface area contributed by atoms with Crippen LogP contribution in [0.15, 0.2) is 48.7 Å². The van der Waals surface area contributed by atoms with Crippen LogP contribution in [0.4, 0.5) is 0 Å². The number of pyridine rings is 1. The van der Waals surface area contributed by atoms with Gasteiger partial charge in [0.2, 0.25) is 5.88 Å². The predicted octanol–water partition coefficient (Wildman–Crippen LogP) is 4.99. The molecule has 2 aromatic rings. The number of ether oxygens (including phenoxy) is 2. The molecule has 2 heterocycles. The fourth-order valence-corrected chi connectivity index (χ4v) is 3.50. The Morgan fingerprint density at radius 1 is 1.15 bits per heavy atom. The Balaban J connectivity index is 1.66. The van der Waals surface area contributed by atoms with Crippen molar-refractivity contribution in [1.29, 1.82) is 0 Å². The minimum atomic E-state index is -0.123. The normalized spacial score (nSPS) is 21.2. The van der Waals surface area contributed by atoms with Gasteiger partial charge < -0.3 is 9.47 Å². The van der Waals surface area contributed by atoms with Crippen LogP contribution < -0.4 is 4.74 Å². The highest BCUT2D eigenvalue weighted by molar-refractivity contribution is 6.30. The molecule has 5 heteroatoms. The van der Waals surface area contributed by atoms with Gasteiger partial charge in [0.25, 0.3) is 0 Å². The second kappa shape index (κ2) is 9.05. The summed E-state index contributed by atoms with van der Waals surface area (Å²) in [6.07, 6.45) is 2.69. The fraction of sp³-hybridized carbons (Fsp3) is 0.500. The summed E-state index contributed by atoms with van der Waals surface area (Å²) in [6, 6.07) is 14.4. The molecule has 0 saturated carbocycles. The molecule has 146 valence electrons. The Kier molecular flexibility index (Phi) is 6.74. The van der Waals surface area contributed by atoms with Crippen LogP contribution in [0.5, 0.6) is 5.88 Å². The molecule has 1 aromatic carbocycles. The lowest BCUT2D eigenvalue weighted by Gasteiger charge is -2.39. The molecular weight excluding hydrogens is 360 g/mol. The first-order valence-electron chi connectivity index (χ1n) is 9.56. The highest BCUT2D eigenvalue weighted by Gasteiger charge is 2.31. The molecule has 27 heavy (non-hydrogen) atoms. The lowest BCUT2D eigenvalue weighted by molar-refractivity contribution is -0.0755. The summed E-state index contributed by atoms with van der Waals surface area (Å²) in [5.74, 6) is 1.48. The number of likely N-dealkylation sites (tertiary alicyclic amines) is 1. The molecule has 3 rings (SSSR count). The number of nitrogens with zero attached hydrogens (tertiary/aromatic N) is 2. The smallest absolute Gasteiger partial charge is 0.213 e. The van der Waals surface area contributed by atoms with E-state index in [1.165, 1.54) is 5.56 Å². The molecular formula is C22H29ClN2O2. The number of halogens is 1. The van der Waals surface area contributed by atoms with Gasteiger partial charge in [-0.15, -0.1) is 0 Å². The Morgan fingerprint density at radius 3 is 2.59 bits per heavy atom. The van der Waals surface area contributed by atoms with E-state index in [1.807, 2.05) is 12.1 Å². The average Bonchev–Trinajstić information content (AvgIpc) is 2.66. The molecule has 0 radical (unpaired) electrons. The lowest BCUT2D eigenvalue weighted by atomic mass is 9.81. The molecule has 0 bridgehead atoms. The van der Waals surface area contributed by atoms with E-state index in [4.69, 9.17) is 21.1 Å². The van der Waals surface area contributed by atoms with Crippen LogP contribution in [0.1, 0.15) is 38.7 Å². The molecule has 1 aromatic heterocycles. The first kappa shape index (κ1) is 20.1. The molecule has 4 nitrogen and oxygen atoms in total. The summed E-state index contributed by atoms with van der Waals surface area (Å²) < 4.78 is 12.0. The van der Waals surface area contributed by atoms with Crippen molar-refractivity contribution in [3.63, 3.8) is 0 Å². The molecule has 1 fully saturated rings. The molecule has 0 spiro atoms. The average molecular weight is 389 g/mol. The summed E-state index contributed by atoms with van der Waals surface area (Å²) in [7, 11) is 0. The standard InChI is InChI=1S/C22H29ClN2O2/c1-22(2,3)27-16-25-12-11-18(15-26-21-10-9-19(23)13-24-21)20(14-25)17-7-5-4-6-8-17/h4-10,13,18,20H,11-12,14-16H2,1-3H3. The first-order chi connectivity index (χ1) is 12.9. The topological polar surface area (TPSA) is 34.6 Å². The third kappa shape index (κ3) is 6.20. The van der Waals surface area contributed by atoms with Crippen LogP contribution in [-0.2, 0) is 4.74 Å². The third-order valence-corrected chi connectivity index (χ3v) is 5.12. The van der Waals surface area contributed by atoms with Crippen molar-refractivity contribution in [3.8, 4) is 5.88 Å². The molecule has 2 atom stereocenters. The molecule has 2 unspecified atom stereocenters. The van der Waals surface area contributed by atoms with Crippen molar-refractivity contribution in [3.05, 3.63) is 59.2 Å². The minimum Gasteiger partial charge on any atom is -0.477 e. The number of piperidine rings is 1. The van der Waals surface area contributed by atoms with Gasteiger partial charge in [0, 0.05) is 37.2 Å². The van der Waals surface area contributed by atoms with Gasteiger partial charge in [0.15, 0.2) is 0 Å². The number of hydrogen-bond acceptors (Lipinski definition) is 4. The first-order valence-corrected chi connectivity index (χ1v) is 9.94. The van der Waals surface area contributed by atoms with Gasteiger partial charge in [-0.25, -0.2) is 4.98 Å². The summed E-state index contributed by atoms with van der Waals surface area (Å²) in [5.41, 5.74) is 1.23. The maximum Gasteiger partial charge on any atom is 0.213 e. The van der Waals surface area contributed by atoms with Crippen molar-refractivity contribution >= 4 is 11.6 Å². The zero-order valence-electron chi connectivity index (χ0n) is 16.4. The second-order valence-corrected chi connectivity index (χ2v) is 8.59. The van der Waals surface area contributed by atoms with Gasteiger partial charge in [0.1, 0.15) is 0 Å². The Hall–Kier alpha value is -1.62. The Bertz CT molecular complexity index is 701. The van der Waals surface area contributed by atoms with Crippen LogP contribution in [0.3, 0.4) is 0 Å². The van der Waals surface area contributed by atoms with Crippen LogP contribution in [0.25, 0.3) is 0 Å². The van der Waals surface area contributed by atoms with E-state index in [0.717, 1.165) is 19.5 Å². The quantitative estimate of drug-likeness (QED) is 0.698. The van der Waals surface area contributed by atoms with E-state index >= 15 is 0 Å². The second-order valence-electron chi connectivity index (χ2n) is 8.15. The molecule has 1 saturated heterocycles. The summed E-state index contributed by atoms with van der Waals surface area (Å²) in [5, 5.41) is 0.622.